The van der Waals surface area contributed by atoms with Gasteiger partial charge in [0.25, 0.3) is 0 Å². The molecule has 0 amide bonds. The fraction of sp³-hybridized carbons (Fsp3) is 0.375. The van der Waals surface area contributed by atoms with Gasteiger partial charge in [0, 0.05) is 37.4 Å². The molecule has 28 heavy (non-hydrogen) atoms. The van der Waals surface area contributed by atoms with E-state index in [2.05, 4.69) is 63.1 Å². The minimum Gasteiger partial charge on any atom is -0.466 e. The quantitative estimate of drug-likeness (QED) is 0.565. The Balaban J connectivity index is 1.37. The normalized spacial score (nSPS) is 19.3. The number of benzene rings is 2. The van der Waals surface area contributed by atoms with Gasteiger partial charge in [-0.05, 0) is 54.6 Å². The number of nitrogens with zero attached hydrogens (tertiary/aromatic N) is 2. The van der Waals surface area contributed by atoms with Crippen LogP contribution in [0.2, 0.25) is 0 Å². The summed E-state index contributed by atoms with van der Waals surface area (Å²) < 4.78 is 4.64. The van der Waals surface area contributed by atoms with E-state index in [0.29, 0.717) is 6.04 Å². The van der Waals surface area contributed by atoms with Gasteiger partial charge < -0.3 is 9.64 Å². The highest BCUT2D eigenvalue weighted by Crippen LogP contribution is 2.30. The molecule has 2 heterocycles. The van der Waals surface area contributed by atoms with Gasteiger partial charge in [-0.15, -0.1) is 0 Å². The lowest BCUT2D eigenvalue weighted by Gasteiger charge is -2.30. The molecule has 0 spiro atoms. The van der Waals surface area contributed by atoms with Crippen LogP contribution in [0.3, 0.4) is 0 Å². The molecule has 4 rings (SSSR count). The molecule has 0 aliphatic carbocycles. The molecular weight excluding hydrogens is 348 g/mol. The summed E-state index contributed by atoms with van der Waals surface area (Å²) in [5.74, 6) is -0.326. The number of likely N-dealkylation sites (tertiary alicyclic amines) is 1. The molecule has 146 valence electrons. The first-order chi connectivity index (χ1) is 13.7. The third-order valence-electron chi connectivity index (χ3n) is 5.89. The molecule has 1 fully saturated rings. The molecule has 0 saturated carbocycles. The number of methoxy groups -OCH3 is 1. The standard InChI is InChI=1S/C24H28N2O2/c1-28-24(27)13-12-19-8-10-20(11-9-19)17-25-15-4-6-22(25)18-26-16-14-21-5-2-3-7-23(21)26/h2-3,5,7-13,22H,4,6,14-18H2,1H3/b13-12+/t22-/m0/s1. The second-order valence-corrected chi connectivity index (χ2v) is 7.69. The zero-order valence-corrected chi connectivity index (χ0v) is 16.5. The number of ether oxygens (including phenoxy) is 1. The third kappa shape index (κ3) is 4.28. The van der Waals surface area contributed by atoms with E-state index in [9.17, 15) is 4.79 Å². The molecule has 0 unspecified atom stereocenters. The van der Waals surface area contributed by atoms with Gasteiger partial charge in [0.05, 0.1) is 7.11 Å². The second kappa shape index (κ2) is 8.61. The van der Waals surface area contributed by atoms with Crippen molar-refractivity contribution in [3.63, 3.8) is 0 Å². The van der Waals surface area contributed by atoms with Gasteiger partial charge in [0.1, 0.15) is 0 Å². The number of carbonyl (C=O) groups is 1. The molecule has 0 bridgehead atoms. The molecule has 0 radical (unpaired) electrons. The summed E-state index contributed by atoms with van der Waals surface area (Å²) in [6, 6.07) is 17.9. The van der Waals surface area contributed by atoms with Crippen LogP contribution in [0.5, 0.6) is 0 Å². The second-order valence-electron chi connectivity index (χ2n) is 7.69. The number of rotatable bonds is 6. The van der Waals surface area contributed by atoms with Gasteiger partial charge in [-0.25, -0.2) is 4.79 Å². The minimum absolute atomic E-state index is 0.326. The van der Waals surface area contributed by atoms with Crippen molar-refractivity contribution in [2.45, 2.75) is 31.8 Å². The Bertz CT molecular complexity index is 844. The van der Waals surface area contributed by atoms with Crippen LogP contribution in [-0.2, 0) is 22.5 Å². The molecule has 1 atom stereocenters. The Labute approximate surface area is 167 Å². The Morgan fingerprint density at radius 1 is 1.14 bits per heavy atom. The Morgan fingerprint density at radius 2 is 1.96 bits per heavy atom. The summed E-state index contributed by atoms with van der Waals surface area (Å²) in [5, 5.41) is 0. The van der Waals surface area contributed by atoms with E-state index >= 15 is 0 Å². The maximum Gasteiger partial charge on any atom is 0.330 e. The van der Waals surface area contributed by atoms with Crippen molar-refractivity contribution in [3.05, 3.63) is 71.3 Å². The molecule has 2 aliphatic heterocycles. The number of para-hydroxylation sites is 1. The van der Waals surface area contributed by atoms with Crippen LogP contribution in [0.25, 0.3) is 6.08 Å². The van der Waals surface area contributed by atoms with Crippen LogP contribution < -0.4 is 4.90 Å². The van der Waals surface area contributed by atoms with Crippen molar-refractivity contribution >= 4 is 17.7 Å². The van der Waals surface area contributed by atoms with Crippen LogP contribution >= 0.6 is 0 Å². The van der Waals surface area contributed by atoms with E-state index in [1.165, 1.54) is 55.8 Å². The average molecular weight is 377 g/mol. The van der Waals surface area contributed by atoms with Crippen molar-refractivity contribution in [1.29, 1.82) is 0 Å². The minimum atomic E-state index is -0.326. The average Bonchev–Trinajstić information content (AvgIpc) is 3.35. The molecule has 2 aromatic rings. The van der Waals surface area contributed by atoms with Gasteiger partial charge in [-0.2, -0.15) is 0 Å². The summed E-state index contributed by atoms with van der Waals surface area (Å²) in [6.45, 7) is 4.42. The first-order valence-electron chi connectivity index (χ1n) is 10.1. The van der Waals surface area contributed by atoms with Crippen LogP contribution in [0.1, 0.15) is 29.5 Å². The fourth-order valence-corrected chi connectivity index (χ4v) is 4.36. The topological polar surface area (TPSA) is 32.8 Å². The largest absolute Gasteiger partial charge is 0.466 e. The van der Waals surface area contributed by atoms with Crippen LogP contribution in [0.15, 0.2) is 54.6 Å². The van der Waals surface area contributed by atoms with Crippen LogP contribution in [-0.4, -0.2) is 43.7 Å². The number of carbonyl (C=O) groups excluding carboxylic acids is 1. The number of hydrogen-bond donors (Lipinski definition) is 0. The zero-order chi connectivity index (χ0) is 19.3. The van der Waals surface area contributed by atoms with Crippen LogP contribution in [0, 0.1) is 0 Å². The molecular formula is C24H28N2O2. The molecule has 2 aromatic carbocycles. The number of hydrogen-bond acceptors (Lipinski definition) is 4. The van der Waals surface area contributed by atoms with Gasteiger partial charge >= 0.3 is 5.97 Å². The summed E-state index contributed by atoms with van der Waals surface area (Å²) >= 11 is 0. The lowest BCUT2D eigenvalue weighted by Crippen LogP contribution is -2.39. The molecule has 4 heteroatoms. The van der Waals surface area contributed by atoms with Gasteiger partial charge in [0.2, 0.25) is 0 Å². The summed E-state index contributed by atoms with van der Waals surface area (Å²) in [4.78, 5) is 16.4. The lowest BCUT2D eigenvalue weighted by atomic mass is 10.1. The molecule has 4 nitrogen and oxygen atoms in total. The predicted octanol–water partition coefficient (Wildman–Crippen LogP) is 3.90. The van der Waals surface area contributed by atoms with Crippen molar-refractivity contribution in [2.24, 2.45) is 0 Å². The van der Waals surface area contributed by atoms with Gasteiger partial charge in [-0.3, -0.25) is 4.90 Å². The fourth-order valence-electron chi connectivity index (χ4n) is 4.36. The molecule has 1 saturated heterocycles. The van der Waals surface area contributed by atoms with Gasteiger partial charge in [0.15, 0.2) is 0 Å². The Kier molecular flexibility index (Phi) is 5.77. The van der Waals surface area contributed by atoms with Crippen molar-refractivity contribution < 1.29 is 9.53 Å². The van der Waals surface area contributed by atoms with E-state index in [4.69, 9.17) is 0 Å². The van der Waals surface area contributed by atoms with Crippen molar-refractivity contribution in [3.8, 4) is 0 Å². The third-order valence-corrected chi connectivity index (χ3v) is 5.89. The lowest BCUT2D eigenvalue weighted by molar-refractivity contribution is -0.134. The zero-order valence-electron chi connectivity index (χ0n) is 16.5. The van der Waals surface area contributed by atoms with Crippen LogP contribution in [0.4, 0.5) is 5.69 Å². The first kappa shape index (κ1) is 18.8. The van der Waals surface area contributed by atoms with Crippen molar-refractivity contribution in [1.82, 2.24) is 4.90 Å². The summed E-state index contributed by atoms with van der Waals surface area (Å²) in [5.41, 5.74) is 5.25. The highest BCUT2D eigenvalue weighted by Gasteiger charge is 2.28. The molecule has 0 N–H and O–H groups in total. The summed E-state index contributed by atoms with van der Waals surface area (Å²) in [7, 11) is 1.39. The van der Waals surface area contributed by atoms with E-state index in [1.807, 2.05) is 0 Å². The Morgan fingerprint density at radius 3 is 2.79 bits per heavy atom. The number of esters is 1. The summed E-state index contributed by atoms with van der Waals surface area (Å²) in [6.07, 6.45) is 6.97. The van der Waals surface area contributed by atoms with Crippen molar-refractivity contribution in [2.75, 3.05) is 31.6 Å². The van der Waals surface area contributed by atoms with E-state index in [-0.39, 0.29) is 5.97 Å². The van der Waals surface area contributed by atoms with E-state index < -0.39 is 0 Å². The predicted molar refractivity (Wildman–Crippen MR) is 113 cm³/mol. The smallest absolute Gasteiger partial charge is 0.330 e. The highest BCUT2D eigenvalue weighted by atomic mass is 16.5. The number of anilines is 1. The monoisotopic (exact) mass is 376 g/mol. The maximum absolute atomic E-state index is 11.2. The highest BCUT2D eigenvalue weighted by molar-refractivity contribution is 5.86. The molecule has 2 aliphatic rings. The van der Waals surface area contributed by atoms with E-state index in [0.717, 1.165) is 25.2 Å². The van der Waals surface area contributed by atoms with Gasteiger partial charge in [-0.1, -0.05) is 42.5 Å². The maximum atomic E-state index is 11.2. The number of fused-ring (bicyclic) bond motifs is 1. The first-order valence-corrected chi connectivity index (χ1v) is 10.1. The Hall–Kier alpha value is -2.59. The SMILES string of the molecule is COC(=O)/C=C/c1ccc(CN2CCC[C@H]2CN2CCc3ccccc32)cc1. The molecule has 0 aromatic heterocycles. The van der Waals surface area contributed by atoms with E-state index in [1.54, 1.807) is 6.08 Å².